The second-order valence-electron chi connectivity index (χ2n) is 5.19. The van der Waals surface area contributed by atoms with Gasteiger partial charge >= 0.3 is 0 Å². The van der Waals surface area contributed by atoms with Gasteiger partial charge in [0.15, 0.2) is 0 Å². The van der Waals surface area contributed by atoms with E-state index < -0.39 is 5.60 Å². The molecule has 0 aromatic carbocycles. The van der Waals surface area contributed by atoms with Crippen LogP contribution in [0.5, 0.6) is 0 Å². The van der Waals surface area contributed by atoms with Crippen molar-refractivity contribution in [2.24, 2.45) is 7.05 Å². The number of anilines is 1. The van der Waals surface area contributed by atoms with Crippen LogP contribution in [0.4, 0.5) is 5.95 Å². The van der Waals surface area contributed by atoms with Gasteiger partial charge in [-0.15, -0.1) is 0 Å². The topological polar surface area (TPSA) is 103 Å². The zero-order valence-electron chi connectivity index (χ0n) is 11.2. The minimum atomic E-state index is -0.965. The number of aliphatic hydroxyl groups is 1. The first-order chi connectivity index (χ1) is 9.50. The van der Waals surface area contributed by atoms with E-state index in [1.165, 1.54) is 4.57 Å². The fourth-order valence-corrected chi connectivity index (χ4v) is 2.47. The lowest BCUT2D eigenvalue weighted by molar-refractivity contribution is 0.0265. The van der Waals surface area contributed by atoms with E-state index in [9.17, 15) is 9.90 Å². The summed E-state index contributed by atoms with van der Waals surface area (Å²) in [5, 5.41) is 10.8. The molecule has 7 nitrogen and oxygen atoms in total. The number of nitrogens with two attached hydrogens (primary N) is 1. The third kappa shape index (κ3) is 2.04. The number of rotatable bonds is 2. The molecule has 2 aromatic heterocycles. The van der Waals surface area contributed by atoms with Gasteiger partial charge in [-0.25, -0.2) is 4.98 Å². The van der Waals surface area contributed by atoms with E-state index in [0.717, 1.165) is 0 Å². The molecule has 3 rings (SSSR count). The van der Waals surface area contributed by atoms with Gasteiger partial charge in [0.2, 0.25) is 5.95 Å². The Balaban J connectivity index is 2.16. The first-order valence-corrected chi connectivity index (χ1v) is 6.40. The number of hydrogen-bond donors (Lipinski definition) is 2. The van der Waals surface area contributed by atoms with Crippen LogP contribution in [0, 0.1) is 0 Å². The highest BCUT2D eigenvalue weighted by atomic mass is 16.5. The van der Waals surface area contributed by atoms with Gasteiger partial charge in [0.25, 0.3) is 5.56 Å². The standard InChI is InChI=1S/C13H16N4O3/c1-17-11(18)10-8(16-12(17)14)2-4-15-9(10)6-13(19)3-5-20-7-13/h2,4,19H,3,5-7H2,1H3,(H2,14,16). The fourth-order valence-electron chi connectivity index (χ4n) is 2.47. The van der Waals surface area contributed by atoms with Crippen molar-refractivity contribution < 1.29 is 9.84 Å². The molecular formula is C13H16N4O3. The molecule has 7 heteroatoms. The van der Waals surface area contributed by atoms with Crippen LogP contribution in [-0.2, 0) is 18.2 Å². The van der Waals surface area contributed by atoms with E-state index in [-0.39, 0.29) is 24.5 Å². The summed E-state index contributed by atoms with van der Waals surface area (Å²) in [4.78, 5) is 20.8. The Hall–Kier alpha value is -1.99. The predicted octanol–water partition coefficient (Wildman–Crippen LogP) is -0.395. The summed E-state index contributed by atoms with van der Waals surface area (Å²) in [6, 6.07) is 1.64. The van der Waals surface area contributed by atoms with E-state index >= 15 is 0 Å². The summed E-state index contributed by atoms with van der Waals surface area (Å²) in [6.07, 6.45) is 2.38. The third-order valence-electron chi connectivity index (χ3n) is 3.68. The maximum absolute atomic E-state index is 12.3. The molecule has 0 aliphatic carbocycles. The number of ether oxygens (including phenoxy) is 1. The largest absolute Gasteiger partial charge is 0.387 e. The molecule has 0 bridgehead atoms. The minimum absolute atomic E-state index is 0.155. The molecule has 0 amide bonds. The number of aromatic nitrogens is 3. The van der Waals surface area contributed by atoms with Crippen molar-refractivity contribution in [1.82, 2.24) is 14.5 Å². The normalized spacial score (nSPS) is 22.5. The lowest BCUT2D eigenvalue weighted by atomic mass is 9.95. The Morgan fingerprint density at radius 3 is 3.10 bits per heavy atom. The van der Waals surface area contributed by atoms with Gasteiger partial charge in [0.1, 0.15) is 0 Å². The summed E-state index contributed by atoms with van der Waals surface area (Å²) < 4.78 is 6.50. The molecule has 2 aromatic rings. The van der Waals surface area contributed by atoms with Crippen LogP contribution >= 0.6 is 0 Å². The van der Waals surface area contributed by atoms with E-state index in [2.05, 4.69) is 9.97 Å². The van der Waals surface area contributed by atoms with E-state index in [1.807, 2.05) is 0 Å². The van der Waals surface area contributed by atoms with Gasteiger partial charge in [-0.05, 0) is 6.07 Å². The first-order valence-electron chi connectivity index (χ1n) is 6.40. The molecule has 0 radical (unpaired) electrons. The van der Waals surface area contributed by atoms with E-state index in [0.29, 0.717) is 29.6 Å². The molecule has 20 heavy (non-hydrogen) atoms. The molecule has 3 N–H and O–H groups in total. The summed E-state index contributed by atoms with van der Waals surface area (Å²) >= 11 is 0. The SMILES string of the molecule is Cn1c(N)nc2ccnc(CC3(O)CCOC3)c2c1=O. The summed E-state index contributed by atoms with van der Waals surface area (Å²) in [7, 11) is 1.56. The molecule has 0 saturated carbocycles. The zero-order chi connectivity index (χ0) is 14.3. The molecule has 0 spiro atoms. The molecule has 1 atom stereocenters. The van der Waals surface area contributed by atoms with Crippen LogP contribution in [0.1, 0.15) is 12.1 Å². The van der Waals surface area contributed by atoms with E-state index in [1.54, 1.807) is 19.3 Å². The molecule has 3 heterocycles. The van der Waals surface area contributed by atoms with Crippen LogP contribution in [0.15, 0.2) is 17.1 Å². The van der Waals surface area contributed by atoms with Gasteiger partial charge in [-0.3, -0.25) is 14.3 Å². The van der Waals surface area contributed by atoms with Crippen LogP contribution < -0.4 is 11.3 Å². The quantitative estimate of drug-likeness (QED) is 0.774. The van der Waals surface area contributed by atoms with Crippen molar-refractivity contribution >= 4 is 16.9 Å². The number of hydrogen-bond acceptors (Lipinski definition) is 6. The van der Waals surface area contributed by atoms with Crippen molar-refractivity contribution in [1.29, 1.82) is 0 Å². The van der Waals surface area contributed by atoms with Crippen LogP contribution in [-0.4, -0.2) is 38.5 Å². The molecule has 106 valence electrons. The first kappa shape index (κ1) is 13.0. The highest BCUT2D eigenvalue weighted by molar-refractivity contribution is 5.80. The lowest BCUT2D eigenvalue weighted by Crippen LogP contribution is -2.33. The van der Waals surface area contributed by atoms with Crippen molar-refractivity contribution in [3.8, 4) is 0 Å². The summed E-state index contributed by atoms with van der Waals surface area (Å²) in [5.74, 6) is 0.155. The second kappa shape index (κ2) is 4.53. The monoisotopic (exact) mass is 276 g/mol. The number of nitrogen functional groups attached to an aromatic ring is 1. The second-order valence-corrected chi connectivity index (χ2v) is 5.19. The fraction of sp³-hybridized carbons (Fsp3) is 0.462. The summed E-state index contributed by atoms with van der Waals surface area (Å²) in [6.45, 7) is 0.776. The Bertz CT molecular complexity index is 719. The van der Waals surface area contributed by atoms with Gasteiger partial charge < -0.3 is 15.6 Å². The Morgan fingerprint density at radius 2 is 2.40 bits per heavy atom. The van der Waals surface area contributed by atoms with Gasteiger partial charge in [0.05, 0.1) is 28.8 Å². The molecule has 1 unspecified atom stereocenters. The number of nitrogens with zero attached hydrogens (tertiary/aromatic N) is 3. The Labute approximate surface area is 115 Å². The summed E-state index contributed by atoms with van der Waals surface area (Å²) in [5.41, 5.74) is 5.50. The minimum Gasteiger partial charge on any atom is -0.387 e. The molecule has 1 fully saturated rings. The van der Waals surface area contributed by atoms with Crippen molar-refractivity contribution in [3.63, 3.8) is 0 Å². The Kier molecular flexibility index (Phi) is 2.95. The van der Waals surface area contributed by atoms with Gasteiger partial charge in [-0.1, -0.05) is 0 Å². The van der Waals surface area contributed by atoms with Crippen LogP contribution in [0.25, 0.3) is 10.9 Å². The maximum atomic E-state index is 12.3. The lowest BCUT2D eigenvalue weighted by Gasteiger charge is -2.20. The predicted molar refractivity (Wildman–Crippen MR) is 73.3 cm³/mol. The molecule has 1 aliphatic rings. The van der Waals surface area contributed by atoms with Crippen molar-refractivity contribution in [2.75, 3.05) is 18.9 Å². The molecule has 1 aliphatic heterocycles. The molecule has 1 saturated heterocycles. The molecular weight excluding hydrogens is 260 g/mol. The van der Waals surface area contributed by atoms with Gasteiger partial charge in [-0.2, -0.15) is 0 Å². The number of fused-ring (bicyclic) bond motifs is 1. The zero-order valence-corrected chi connectivity index (χ0v) is 11.2. The van der Waals surface area contributed by atoms with Crippen molar-refractivity contribution in [2.45, 2.75) is 18.4 Å². The van der Waals surface area contributed by atoms with E-state index in [4.69, 9.17) is 10.5 Å². The maximum Gasteiger partial charge on any atom is 0.264 e. The average molecular weight is 276 g/mol. The number of pyridine rings is 1. The highest BCUT2D eigenvalue weighted by Crippen LogP contribution is 2.24. The smallest absolute Gasteiger partial charge is 0.264 e. The van der Waals surface area contributed by atoms with Crippen molar-refractivity contribution in [3.05, 3.63) is 28.3 Å². The van der Waals surface area contributed by atoms with Gasteiger partial charge in [0, 0.05) is 32.7 Å². The Morgan fingerprint density at radius 1 is 1.60 bits per heavy atom. The third-order valence-corrected chi connectivity index (χ3v) is 3.68. The van der Waals surface area contributed by atoms with Crippen LogP contribution in [0.2, 0.25) is 0 Å². The highest BCUT2D eigenvalue weighted by Gasteiger charge is 2.33. The van der Waals surface area contributed by atoms with Crippen LogP contribution in [0.3, 0.4) is 0 Å². The average Bonchev–Trinajstić information content (AvgIpc) is 2.82.